The van der Waals surface area contributed by atoms with Crippen LogP contribution < -0.4 is 4.74 Å². The molecule has 36 heavy (non-hydrogen) atoms. The summed E-state index contributed by atoms with van der Waals surface area (Å²) in [6.07, 6.45) is 4.75. The van der Waals surface area contributed by atoms with E-state index in [-0.39, 0.29) is 5.75 Å². The average Bonchev–Trinajstić information content (AvgIpc) is 2.90. The molecule has 0 radical (unpaired) electrons. The van der Waals surface area contributed by atoms with Gasteiger partial charge in [0.05, 0.1) is 11.8 Å². The Bertz CT molecular complexity index is 932. The van der Waals surface area contributed by atoms with Crippen LogP contribution in [0.4, 0.5) is 13.2 Å². The van der Waals surface area contributed by atoms with E-state index in [4.69, 9.17) is 11.7 Å². The molecule has 5 nitrogen and oxygen atoms in total. The number of aryl methyl sites for hydroxylation is 3. The van der Waals surface area contributed by atoms with E-state index in [0.29, 0.717) is 11.3 Å². The van der Waals surface area contributed by atoms with Gasteiger partial charge in [-0.15, -0.1) is 19.6 Å². The fraction of sp³-hybridized carbons (Fsp3) is 0.357. The first kappa shape index (κ1) is 36.7. The van der Waals surface area contributed by atoms with Crippen LogP contribution in [0.25, 0.3) is 0 Å². The number of rotatable bonds is 1. The second-order valence-corrected chi connectivity index (χ2v) is 5.82. The van der Waals surface area contributed by atoms with Gasteiger partial charge < -0.3 is 4.74 Å². The van der Waals surface area contributed by atoms with Gasteiger partial charge in [-0.3, -0.25) is 15.0 Å². The standard InChI is InChI=1S/C8H7N.C7H6F3NO.C7H6N2.3C2H6/c1-3-8-5-4-7(2)9-6-8;1-5-2-3-6(4-11-5)12-7(8,9)10;1-6-2-3-7(4-8)5-9-6;3*1-2/h1,4-6H,2H3;2-4H,1H3;2-3,5H,1H3;3*1-2H3. The first-order valence-electron chi connectivity index (χ1n) is 11.5. The molecule has 0 aromatic carbocycles. The van der Waals surface area contributed by atoms with Gasteiger partial charge >= 0.3 is 6.36 Å². The number of nitrogens with zero attached hydrogens (tertiary/aromatic N) is 4. The van der Waals surface area contributed by atoms with Crippen LogP contribution in [-0.2, 0) is 0 Å². The largest absolute Gasteiger partial charge is 0.573 e. The van der Waals surface area contributed by atoms with E-state index < -0.39 is 6.36 Å². The number of hydrogen-bond acceptors (Lipinski definition) is 5. The Morgan fingerprint density at radius 2 is 1.08 bits per heavy atom. The fourth-order valence-electron chi connectivity index (χ4n) is 1.74. The van der Waals surface area contributed by atoms with Crippen molar-refractivity contribution >= 4 is 0 Å². The molecule has 196 valence electrons. The second kappa shape index (κ2) is 22.9. The predicted molar refractivity (Wildman–Crippen MR) is 140 cm³/mol. The van der Waals surface area contributed by atoms with Crippen LogP contribution in [0.3, 0.4) is 0 Å². The van der Waals surface area contributed by atoms with Gasteiger partial charge in [0.2, 0.25) is 0 Å². The molecule has 8 heteroatoms. The second-order valence-electron chi connectivity index (χ2n) is 5.82. The van der Waals surface area contributed by atoms with Crippen LogP contribution in [0.15, 0.2) is 55.0 Å². The molecule has 0 aliphatic rings. The van der Waals surface area contributed by atoms with Crippen LogP contribution in [0.1, 0.15) is 69.8 Å². The molecule has 3 aromatic rings. The van der Waals surface area contributed by atoms with Crippen molar-refractivity contribution in [3.05, 3.63) is 83.2 Å². The zero-order chi connectivity index (χ0) is 28.6. The van der Waals surface area contributed by atoms with Crippen LogP contribution in [0.5, 0.6) is 5.75 Å². The summed E-state index contributed by atoms with van der Waals surface area (Å²) in [5.41, 5.74) is 4.02. The number of nitriles is 1. The van der Waals surface area contributed by atoms with Crippen LogP contribution in [-0.4, -0.2) is 21.3 Å². The number of aromatic nitrogens is 3. The highest BCUT2D eigenvalue weighted by atomic mass is 19.4. The van der Waals surface area contributed by atoms with Gasteiger partial charge in [0, 0.05) is 35.0 Å². The molecule has 0 saturated heterocycles. The van der Waals surface area contributed by atoms with Gasteiger partial charge in [-0.25, -0.2) is 0 Å². The summed E-state index contributed by atoms with van der Waals surface area (Å²) in [6, 6.07) is 12.0. The number of hydrogen-bond donors (Lipinski definition) is 0. The number of pyridine rings is 3. The van der Waals surface area contributed by atoms with Crippen molar-refractivity contribution in [2.75, 3.05) is 0 Å². The molecule has 0 amide bonds. The third-order valence-corrected chi connectivity index (χ3v) is 3.24. The molecule has 3 rings (SSSR count). The van der Waals surface area contributed by atoms with Crippen molar-refractivity contribution < 1.29 is 17.9 Å². The molecule has 0 fully saturated rings. The minimum atomic E-state index is -4.64. The molecule has 0 saturated carbocycles. The summed E-state index contributed by atoms with van der Waals surface area (Å²) in [6.45, 7) is 17.5. The third-order valence-electron chi connectivity index (χ3n) is 3.24. The normalized spacial score (nSPS) is 8.50. The highest BCUT2D eigenvalue weighted by molar-refractivity contribution is 5.29. The SMILES string of the molecule is C#Cc1ccc(C)nc1.CC.CC.CC.Cc1ccc(C#N)cn1.Cc1ccc(OC(F)(F)F)cn1. The molecule has 0 spiro atoms. The van der Waals surface area contributed by atoms with Crippen molar-refractivity contribution in [3.63, 3.8) is 0 Å². The Balaban J connectivity index is -0.000000414. The maximum atomic E-state index is 11.6. The Morgan fingerprint density at radius 3 is 1.36 bits per heavy atom. The van der Waals surface area contributed by atoms with Crippen molar-refractivity contribution in [2.45, 2.75) is 68.7 Å². The minimum absolute atomic E-state index is 0.298. The number of ether oxygens (including phenoxy) is 1. The van der Waals surface area contributed by atoms with Gasteiger partial charge in [0.25, 0.3) is 0 Å². The van der Waals surface area contributed by atoms with E-state index in [2.05, 4.69) is 25.6 Å². The molecule has 0 unspecified atom stereocenters. The first-order chi connectivity index (χ1) is 17.1. The van der Waals surface area contributed by atoms with Crippen molar-refractivity contribution in [3.8, 4) is 24.2 Å². The van der Waals surface area contributed by atoms with E-state index in [1.54, 1.807) is 25.4 Å². The molecular weight excluding hydrogens is 465 g/mol. The lowest BCUT2D eigenvalue weighted by Crippen LogP contribution is -2.17. The summed E-state index contributed by atoms with van der Waals surface area (Å²) in [5.74, 6) is 2.19. The number of terminal acetylenes is 1. The first-order valence-corrected chi connectivity index (χ1v) is 11.5. The predicted octanol–water partition coefficient (Wildman–Crippen LogP) is 8.00. The van der Waals surface area contributed by atoms with Gasteiger partial charge in [0.15, 0.2) is 0 Å². The summed E-state index contributed by atoms with van der Waals surface area (Å²) in [7, 11) is 0. The maximum Gasteiger partial charge on any atom is 0.573 e. The summed E-state index contributed by atoms with van der Waals surface area (Å²) in [5, 5.41) is 8.34. The molecular formula is C28H37F3N4O. The van der Waals surface area contributed by atoms with Crippen molar-refractivity contribution in [1.29, 1.82) is 5.26 Å². The smallest absolute Gasteiger partial charge is 0.404 e. The third kappa shape index (κ3) is 20.7. The summed E-state index contributed by atoms with van der Waals surface area (Å²) >= 11 is 0. The lowest BCUT2D eigenvalue weighted by molar-refractivity contribution is -0.274. The van der Waals surface area contributed by atoms with E-state index in [0.717, 1.165) is 23.1 Å². The maximum absolute atomic E-state index is 11.6. The molecule has 0 aliphatic heterocycles. The topological polar surface area (TPSA) is 71.7 Å². The molecule has 0 aliphatic carbocycles. The van der Waals surface area contributed by atoms with Crippen molar-refractivity contribution in [2.24, 2.45) is 0 Å². The van der Waals surface area contributed by atoms with Gasteiger partial charge in [0.1, 0.15) is 11.8 Å². The Hall–Kier alpha value is -3.91. The van der Waals surface area contributed by atoms with Crippen LogP contribution in [0, 0.1) is 44.4 Å². The Kier molecular flexibility index (Phi) is 23.3. The quantitative estimate of drug-likeness (QED) is 0.315. The lowest BCUT2D eigenvalue weighted by Gasteiger charge is -2.07. The number of halogens is 3. The molecule has 3 aromatic heterocycles. The zero-order valence-corrected chi connectivity index (χ0v) is 22.6. The lowest BCUT2D eigenvalue weighted by atomic mass is 10.3. The Labute approximate surface area is 214 Å². The molecule has 0 atom stereocenters. The average molecular weight is 503 g/mol. The Morgan fingerprint density at radius 1 is 0.694 bits per heavy atom. The molecule has 3 heterocycles. The van der Waals surface area contributed by atoms with Gasteiger partial charge in [-0.1, -0.05) is 47.5 Å². The highest BCUT2D eigenvalue weighted by Crippen LogP contribution is 2.21. The summed E-state index contributed by atoms with van der Waals surface area (Å²) < 4.78 is 38.4. The van der Waals surface area contributed by atoms with E-state index >= 15 is 0 Å². The van der Waals surface area contributed by atoms with Gasteiger partial charge in [-0.05, 0) is 57.2 Å². The molecule has 0 N–H and O–H groups in total. The van der Waals surface area contributed by atoms with Crippen LogP contribution >= 0.6 is 0 Å². The van der Waals surface area contributed by atoms with E-state index in [1.165, 1.54) is 12.1 Å². The monoisotopic (exact) mass is 502 g/mol. The summed E-state index contributed by atoms with van der Waals surface area (Å²) in [4.78, 5) is 11.6. The van der Waals surface area contributed by atoms with Gasteiger partial charge in [-0.2, -0.15) is 5.26 Å². The van der Waals surface area contributed by atoms with E-state index in [1.807, 2.05) is 79.7 Å². The van der Waals surface area contributed by atoms with Crippen LogP contribution in [0.2, 0.25) is 0 Å². The molecule has 0 bridgehead atoms. The highest BCUT2D eigenvalue weighted by Gasteiger charge is 2.31. The zero-order valence-electron chi connectivity index (χ0n) is 22.6. The van der Waals surface area contributed by atoms with Crippen molar-refractivity contribution in [1.82, 2.24) is 15.0 Å². The number of alkyl halides is 3. The minimum Gasteiger partial charge on any atom is -0.404 e. The van der Waals surface area contributed by atoms with E-state index in [9.17, 15) is 13.2 Å². The fourth-order valence-corrected chi connectivity index (χ4v) is 1.74.